The molecule has 0 saturated carbocycles. The number of aromatic nitrogens is 1. The van der Waals surface area contributed by atoms with Gasteiger partial charge in [0.1, 0.15) is 5.82 Å². The number of hydrogen-bond donors (Lipinski definition) is 2. The van der Waals surface area contributed by atoms with Gasteiger partial charge in [0.2, 0.25) is 0 Å². The van der Waals surface area contributed by atoms with Gasteiger partial charge >= 0.3 is 0 Å². The van der Waals surface area contributed by atoms with E-state index in [0.29, 0.717) is 22.5 Å². The number of benzene rings is 1. The van der Waals surface area contributed by atoms with E-state index in [4.69, 9.17) is 5.73 Å². The number of halogens is 1. The highest BCUT2D eigenvalue weighted by Gasteiger charge is 2.09. The van der Waals surface area contributed by atoms with Crippen LogP contribution in [-0.2, 0) is 6.54 Å². The van der Waals surface area contributed by atoms with Crippen LogP contribution in [0.15, 0.2) is 36.5 Å². The van der Waals surface area contributed by atoms with Crippen LogP contribution in [0.2, 0.25) is 0 Å². The maximum absolute atomic E-state index is 13.0. The van der Waals surface area contributed by atoms with Gasteiger partial charge in [-0.3, -0.25) is 9.78 Å². The van der Waals surface area contributed by atoms with Crippen molar-refractivity contribution in [2.24, 2.45) is 5.73 Å². The molecule has 1 amide bonds. The second-order valence-electron chi connectivity index (χ2n) is 4.15. The van der Waals surface area contributed by atoms with Crippen molar-refractivity contribution in [3.8, 4) is 0 Å². The maximum Gasteiger partial charge on any atom is 0.255 e. The fourth-order valence-corrected chi connectivity index (χ4v) is 1.69. The first-order valence-electron chi connectivity index (χ1n) is 5.82. The Morgan fingerprint density at radius 2 is 2.16 bits per heavy atom. The molecule has 0 atom stereocenters. The van der Waals surface area contributed by atoms with Crippen LogP contribution in [0.4, 0.5) is 10.1 Å². The van der Waals surface area contributed by atoms with Crippen LogP contribution < -0.4 is 11.1 Å². The van der Waals surface area contributed by atoms with E-state index in [0.717, 1.165) is 0 Å². The lowest BCUT2D eigenvalue weighted by Crippen LogP contribution is -2.14. The number of nitrogens with two attached hydrogens (primary N) is 1. The summed E-state index contributed by atoms with van der Waals surface area (Å²) in [5, 5.41) is 2.73. The quantitative estimate of drug-likeness (QED) is 0.888. The van der Waals surface area contributed by atoms with Crippen molar-refractivity contribution < 1.29 is 9.18 Å². The normalized spacial score (nSPS) is 10.3. The first-order valence-corrected chi connectivity index (χ1v) is 5.82. The van der Waals surface area contributed by atoms with Gasteiger partial charge in [-0.25, -0.2) is 4.39 Å². The van der Waals surface area contributed by atoms with Crippen LogP contribution in [0.5, 0.6) is 0 Å². The maximum atomic E-state index is 13.0. The molecule has 0 aliphatic heterocycles. The first-order chi connectivity index (χ1) is 9.10. The molecule has 0 fully saturated rings. The largest absolute Gasteiger partial charge is 0.325 e. The number of pyridine rings is 1. The van der Waals surface area contributed by atoms with Gasteiger partial charge in [0.05, 0.1) is 5.69 Å². The Balaban J connectivity index is 2.20. The third kappa shape index (κ3) is 3.14. The van der Waals surface area contributed by atoms with Crippen LogP contribution in [0, 0.1) is 12.7 Å². The number of nitrogens with one attached hydrogen (secondary N) is 1. The van der Waals surface area contributed by atoms with Crippen LogP contribution in [0.1, 0.15) is 21.6 Å². The zero-order chi connectivity index (χ0) is 13.8. The van der Waals surface area contributed by atoms with Crippen molar-refractivity contribution in [2.75, 3.05) is 5.32 Å². The molecule has 2 aromatic rings. The molecule has 1 aromatic carbocycles. The lowest BCUT2D eigenvalue weighted by atomic mass is 10.1. The topological polar surface area (TPSA) is 68.0 Å². The molecular weight excluding hydrogens is 245 g/mol. The molecule has 5 heteroatoms. The Labute approximate surface area is 110 Å². The van der Waals surface area contributed by atoms with Crippen LogP contribution >= 0.6 is 0 Å². The average molecular weight is 259 g/mol. The molecule has 0 aliphatic rings. The fourth-order valence-electron chi connectivity index (χ4n) is 1.69. The van der Waals surface area contributed by atoms with Crippen molar-refractivity contribution in [2.45, 2.75) is 13.5 Å². The van der Waals surface area contributed by atoms with E-state index in [9.17, 15) is 9.18 Å². The van der Waals surface area contributed by atoms with Gasteiger partial charge in [-0.2, -0.15) is 0 Å². The Morgan fingerprint density at radius 1 is 1.37 bits per heavy atom. The minimum atomic E-state index is -0.329. The van der Waals surface area contributed by atoms with Gasteiger partial charge in [-0.05, 0) is 42.8 Å². The van der Waals surface area contributed by atoms with Crippen molar-refractivity contribution in [3.05, 3.63) is 59.2 Å². The Bertz CT molecular complexity index is 613. The van der Waals surface area contributed by atoms with Crippen LogP contribution in [0.3, 0.4) is 0 Å². The predicted molar refractivity (Wildman–Crippen MR) is 71.2 cm³/mol. The first kappa shape index (κ1) is 13.2. The van der Waals surface area contributed by atoms with Gasteiger partial charge in [0.15, 0.2) is 0 Å². The molecule has 4 nitrogen and oxygen atoms in total. The van der Waals surface area contributed by atoms with Crippen LogP contribution in [0.25, 0.3) is 0 Å². The number of carbonyl (C=O) groups is 1. The summed E-state index contributed by atoms with van der Waals surface area (Å²) in [6, 6.07) is 7.45. The second-order valence-corrected chi connectivity index (χ2v) is 4.15. The smallest absolute Gasteiger partial charge is 0.255 e. The van der Waals surface area contributed by atoms with Gasteiger partial charge in [0.25, 0.3) is 5.91 Å². The second kappa shape index (κ2) is 5.58. The zero-order valence-electron chi connectivity index (χ0n) is 10.5. The molecule has 0 spiro atoms. The molecule has 0 radical (unpaired) electrons. The molecule has 2 rings (SSSR count). The third-order valence-corrected chi connectivity index (χ3v) is 2.72. The summed E-state index contributed by atoms with van der Waals surface area (Å²) < 4.78 is 13.0. The molecule has 19 heavy (non-hydrogen) atoms. The summed E-state index contributed by atoms with van der Waals surface area (Å²) in [7, 11) is 0. The van der Waals surface area contributed by atoms with E-state index in [1.54, 1.807) is 19.1 Å². The minimum Gasteiger partial charge on any atom is -0.325 e. The van der Waals surface area contributed by atoms with Gasteiger partial charge < -0.3 is 11.1 Å². The Morgan fingerprint density at radius 3 is 2.84 bits per heavy atom. The highest BCUT2D eigenvalue weighted by Crippen LogP contribution is 2.16. The molecule has 1 aromatic heterocycles. The van der Waals surface area contributed by atoms with E-state index in [2.05, 4.69) is 10.3 Å². The van der Waals surface area contributed by atoms with Crippen molar-refractivity contribution in [3.63, 3.8) is 0 Å². The number of anilines is 1. The van der Waals surface area contributed by atoms with Crippen LogP contribution in [-0.4, -0.2) is 10.9 Å². The lowest BCUT2D eigenvalue weighted by Gasteiger charge is -2.08. The van der Waals surface area contributed by atoms with E-state index in [1.165, 1.54) is 24.4 Å². The zero-order valence-corrected chi connectivity index (χ0v) is 10.5. The molecule has 0 aliphatic carbocycles. The highest BCUT2D eigenvalue weighted by atomic mass is 19.1. The number of hydrogen-bond acceptors (Lipinski definition) is 3. The number of carbonyl (C=O) groups excluding carboxylic acids is 1. The van der Waals surface area contributed by atoms with Gasteiger partial charge in [-0.15, -0.1) is 0 Å². The summed E-state index contributed by atoms with van der Waals surface area (Å²) in [4.78, 5) is 16.1. The van der Waals surface area contributed by atoms with Gasteiger partial charge in [0, 0.05) is 24.0 Å². The Kier molecular flexibility index (Phi) is 3.87. The lowest BCUT2D eigenvalue weighted by molar-refractivity contribution is 0.102. The fraction of sp³-hybridized carbons (Fsp3) is 0.143. The van der Waals surface area contributed by atoms with E-state index >= 15 is 0 Å². The van der Waals surface area contributed by atoms with E-state index < -0.39 is 0 Å². The predicted octanol–water partition coefficient (Wildman–Crippen LogP) is 2.24. The molecule has 0 bridgehead atoms. The molecular formula is C14H14FN3O. The van der Waals surface area contributed by atoms with E-state index in [-0.39, 0.29) is 18.3 Å². The molecule has 3 N–H and O–H groups in total. The monoisotopic (exact) mass is 259 g/mol. The summed E-state index contributed by atoms with van der Waals surface area (Å²) >= 11 is 0. The minimum absolute atomic E-state index is 0.271. The number of aryl methyl sites for hydroxylation is 1. The van der Waals surface area contributed by atoms with Crippen molar-refractivity contribution >= 4 is 11.6 Å². The standard InChI is InChI=1S/C14H14FN3O/c1-9-6-11(15)2-3-13(9)18-14(19)10-4-5-17-12(7-10)8-16/h2-7H,8,16H2,1H3,(H,18,19). The summed E-state index contributed by atoms with van der Waals surface area (Å²) in [6.45, 7) is 2.01. The highest BCUT2D eigenvalue weighted by molar-refractivity contribution is 6.04. The number of amides is 1. The summed E-state index contributed by atoms with van der Waals surface area (Å²) in [5.41, 5.74) is 7.84. The average Bonchev–Trinajstić information content (AvgIpc) is 2.42. The number of rotatable bonds is 3. The molecule has 98 valence electrons. The molecule has 0 unspecified atom stereocenters. The summed E-state index contributed by atoms with van der Waals surface area (Å²) in [5.74, 6) is -0.600. The molecule has 0 saturated heterocycles. The summed E-state index contributed by atoms with van der Waals surface area (Å²) in [6.07, 6.45) is 1.54. The van der Waals surface area contributed by atoms with Crippen molar-refractivity contribution in [1.82, 2.24) is 4.98 Å². The Hall–Kier alpha value is -2.27. The SMILES string of the molecule is Cc1cc(F)ccc1NC(=O)c1ccnc(CN)c1. The molecule has 1 heterocycles. The van der Waals surface area contributed by atoms with Crippen molar-refractivity contribution in [1.29, 1.82) is 0 Å². The third-order valence-electron chi connectivity index (χ3n) is 2.72. The van der Waals surface area contributed by atoms with Gasteiger partial charge in [-0.1, -0.05) is 0 Å². The number of nitrogens with zero attached hydrogens (tertiary/aromatic N) is 1. The van der Waals surface area contributed by atoms with E-state index in [1.807, 2.05) is 0 Å².